The van der Waals surface area contributed by atoms with Crippen LogP contribution in [0.3, 0.4) is 0 Å². The summed E-state index contributed by atoms with van der Waals surface area (Å²) in [7, 11) is 0. The summed E-state index contributed by atoms with van der Waals surface area (Å²) in [5.74, 6) is 2.62. The van der Waals surface area contributed by atoms with Crippen LogP contribution in [0, 0.1) is 0 Å². The average Bonchev–Trinajstić information content (AvgIpc) is 3.26. The summed E-state index contributed by atoms with van der Waals surface area (Å²) in [5, 5.41) is 5.40. The molecule has 0 N–H and O–H groups in total. The van der Waals surface area contributed by atoms with Crippen molar-refractivity contribution in [2.45, 2.75) is 0 Å². The number of fused-ring (bicyclic) bond motifs is 4. The van der Waals surface area contributed by atoms with Crippen LogP contribution in [0.4, 0.5) is 0 Å². The molecule has 0 amide bonds. The smallest absolute Gasteiger partial charge is 0.164 e. The van der Waals surface area contributed by atoms with Crippen molar-refractivity contribution < 1.29 is 0 Å². The molecule has 5 nitrogen and oxygen atoms in total. The number of nitrogens with zero attached hydrogens (tertiary/aromatic N) is 5. The molecule has 2 aromatic heterocycles. The molecular formula is C49H31N5. The highest BCUT2D eigenvalue weighted by atomic mass is 15.0. The molecule has 0 bridgehead atoms. The molecule has 0 atom stereocenters. The summed E-state index contributed by atoms with van der Waals surface area (Å²) >= 11 is 0. The average molecular weight is 690 g/mol. The second kappa shape index (κ2) is 13.3. The lowest BCUT2D eigenvalue weighted by atomic mass is 9.92. The molecule has 54 heavy (non-hydrogen) atoms. The molecule has 0 aliphatic rings. The van der Waals surface area contributed by atoms with Gasteiger partial charge in [-0.2, -0.15) is 0 Å². The van der Waals surface area contributed by atoms with E-state index in [1.165, 1.54) is 0 Å². The molecule has 0 aliphatic carbocycles. The maximum absolute atomic E-state index is 5.24. The van der Waals surface area contributed by atoms with Gasteiger partial charge in [0.05, 0.1) is 11.2 Å². The standard InChI is InChI=1S/C49H31N5/c1-5-15-33(16-6-1)44-42-28-27-32-25-26-37(31-43(32)45(42)51-46(50-44)34-17-7-2-8-18-34)38-29-30-41(40-24-14-13-23-39(38)40)49-53-47(35-19-9-3-10-20-35)52-48(54-49)36-21-11-4-12-22-36/h1-31H. The zero-order valence-corrected chi connectivity index (χ0v) is 29.1. The highest BCUT2D eigenvalue weighted by molar-refractivity contribution is 6.12. The van der Waals surface area contributed by atoms with Crippen molar-refractivity contribution in [1.82, 2.24) is 24.9 Å². The van der Waals surface area contributed by atoms with Gasteiger partial charge in [-0.3, -0.25) is 0 Å². The molecule has 0 saturated carbocycles. The summed E-state index contributed by atoms with van der Waals surface area (Å²) in [6, 6.07) is 64.6. The first-order valence-corrected chi connectivity index (χ1v) is 18.0. The van der Waals surface area contributed by atoms with Crippen LogP contribution >= 0.6 is 0 Å². The Balaban J connectivity index is 1.17. The second-order valence-corrected chi connectivity index (χ2v) is 13.3. The van der Waals surface area contributed by atoms with Gasteiger partial charge in [0, 0.05) is 38.6 Å². The molecule has 8 aromatic carbocycles. The van der Waals surface area contributed by atoms with Gasteiger partial charge in [0.15, 0.2) is 23.3 Å². The van der Waals surface area contributed by atoms with Crippen LogP contribution < -0.4 is 0 Å². The number of aromatic nitrogens is 5. The Hall–Kier alpha value is -7.37. The number of hydrogen-bond donors (Lipinski definition) is 0. The summed E-state index contributed by atoms with van der Waals surface area (Å²) in [6.45, 7) is 0. The van der Waals surface area contributed by atoms with E-state index in [1.807, 2.05) is 84.9 Å². The maximum Gasteiger partial charge on any atom is 0.164 e. The van der Waals surface area contributed by atoms with Crippen molar-refractivity contribution in [3.63, 3.8) is 0 Å². The van der Waals surface area contributed by atoms with Crippen LogP contribution in [0.5, 0.6) is 0 Å². The first-order valence-electron chi connectivity index (χ1n) is 18.0. The van der Waals surface area contributed by atoms with E-state index < -0.39 is 0 Å². The van der Waals surface area contributed by atoms with Crippen molar-refractivity contribution in [1.29, 1.82) is 0 Å². The quantitative estimate of drug-likeness (QED) is 0.163. The first kappa shape index (κ1) is 31.4. The third kappa shape index (κ3) is 5.65. The minimum Gasteiger partial charge on any atom is -0.227 e. The fourth-order valence-corrected chi connectivity index (χ4v) is 7.29. The van der Waals surface area contributed by atoms with Gasteiger partial charge in [-0.25, -0.2) is 24.9 Å². The topological polar surface area (TPSA) is 64.5 Å². The van der Waals surface area contributed by atoms with E-state index in [-0.39, 0.29) is 0 Å². The number of rotatable bonds is 6. The molecule has 0 saturated heterocycles. The predicted octanol–water partition coefficient (Wildman–Crippen LogP) is 12.1. The molecule has 0 fully saturated rings. The lowest BCUT2D eigenvalue weighted by Gasteiger charge is -2.15. The highest BCUT2D eigenvalue weighted by Crippen LogP contribution is 2.39. The van der Waals surface area contributed by atoms with Crippen molar-refractivity contribution in [3.05, 3.63) is 188 Å². The zero-order valence-electron chi connectivity index (χ0n) is 29.1. The van der Waals surface area contributed by atoms with E-state index >= 15 is 0 Å². The molecular weight excluding hydrogens is 659 g/mol. The third-order valence-corrected chi connectivity index (χ3v) is 9.94. The van der Waals surface area contributed by atoms with Gasteiger partial charge in [0.25, 0.3) is 0 Å². The SMILES string of the molecule is c1ccc(-c2nc(-c3ccccc3)nc(-c3ccc(-c4ccc5ccc6c(-c7ccccc7)nc(-c7ccccc7)nc6c5c4)c4ccccc34)n2)cc1. The van der Waals surface area contributed by atoms with Gasteiger partial charge >= 0.3 is 0 Å². The van der Waals surface area contributed by atoms with Crippen LogP contribution in [0.25, 0.3) is 100 Å². The summed E-state index contributed by atoms with van der Waals surface area (Å²) < 4.78 is 0. The lowest BCUT2D eigenvalue weighted by Crippen LogP contribution is -2.00. The molecule has 0 unspecified atom stereocenters. The van der Waals surface area contributed by atoms with E-state index in [2.05, 4.69) is 103 Å². The molecule has 0 radical (unpaired) electrons. The van der Waals surface area contributed by atoms with Crippen molar-refractivity contribution in [2.75, 3.05) is 0 Å². The third-order valence-electron chi connectivity index (χ3n) is 9.94. The molecule has 10 aromatic rings. The molecule has 5 heteroatoms. The summed E-state index contributed by atoms with van der Waals surface area (Å²) in [6.07, 6.45) is 0. The second-order valence-electron chi connectivity index (χ2n) is 13.3. The van der Waals surface area contributed by atoms with Gasteiger partial charge in [0.2, 0.25) is 0 Å². The zero-order chi connectivity index (χ0) is 35.8. The first-order chi connectivity index (χ1) is 26.8. The highest BCUT2D eigenvalue weighted by Gasteiger charge is 2.18. The summed E-state index contributed by atoms with van der Waals surface area (Å²) in [4.78, 5) is 25.4. The fourth-order valence-electron chi connectivity index (χ4n) is 7.29. The Morgan fingerprint density at radius 2 is 0.722 bits per heavy atom. The summed E-state index contributed by atoms with van der Waals surface area (Å²) in [5.41, 5.74) is 8.94. The molecule has 0 spiro atoms. The van der Waals surface area contributed by atoms with Gasteiger partial charge in [0.1, 0.15) is 0 Å². The van der Waals surface area contributed by atoms with E-state index in [1.54, 1.807) is 0 Å². The van der Waals surface area contributed by atoms with Gasteiger partial charge in [-0.1, -0.05) is 170 Å². The van der Waals surface area contributed by atoms with E-state index in [9.17, 15) is 0 Å². The van der Waals surface area contributed by atoms with Crippen molar-refractivity contribution in [3.8, 4) is 67.9 Å². The minimum atomic E-state index is 0.633. The van der Waals surface area contributed by atoms with Crippen LogP contribution in [0.15, 0.2) is 188 Å². The van der Waals surface area contributed by atoms with E-state index in [4.69, 9.17) is 24.9 Å². The van der Waals surface area contributed by atoms with E-state index in [0.29, 0.717) is 23.3 Å². The minimum absolute atomic E-state index is 0.633. The van der Waals surface area contributed by atoms with Crippen molar-refractivity contribution >= 4 is 32.4 Å². The Morgan fingerprint density at radius 3 is 1.31 bits per heavy atom. The van der Waals surface area contributed by atoms with Crippen LogP contribution in [0.1, 0.15) is 0 Å². The Morgan fingerprint density at radius 1 is 0.259 bits per heavy atom. The molecule has 0 aliphatic heterocycles. The normalized spacial score (nSPS) is 11.3. The molecule has 2 heterocycles. The molecule has 252 valence electrons. The van der Waals surface area contributed by atoms with Gasteiger partial charge in [-0.05, 0) is 45.5 Å². The van der Waals surface area contributed by atoms with Gasteiger partial charge < -0.3 is 0 Å². The number of benzene rings is 8. The fraction of sp³-hybridized carbons (Fsp3) is 0. The van der Waals surface area contributed by atoms with Crippen LogP contribution in [0.2, 0.25) is 0 Å². The maximum atomic E-state index is 5.24. The van der Waals surface area contributed by atoms with Crippen LogP contribution in [-0.2, 0) is 0 Å². The van der Waals surface area contributed by atoms with Crippen molar-refractivity contribution in [2.24, 2.45) is 0 Å². The monoisotopic (exact) mass is 689 g/mol. The molecule has 10 rings (SSSR count). The Bertz CT molecular complexity index is 2910. The Labute approximate surface area is 312 Å². The number of hydrogen-bond acceptors (Lipinski definition) is 5. The van der Waals surface area contributed by atoms with E-state index in [0.717, 1.165) is 77.1 Å². The largest absolute Gasteiger partial charge is 0.227 e. The predicted molar refractivity (Wildman–Crippen MR) is 221 cm³/mol. The lowest BCUT2D eigenvalue weighted by molar-refractivity contribution is 1.08. The Kier molecular flexibility index (Phi) is 7.73. The van der Waals surface area contributed by atoms with Gasteiger partial charge in [-0.15, -0.1) is 0 Å². The van der Waals surface area contributed by atoms with Crippen LogP contribution in [-0.4, -0.2) is 24.9 Å².